The lowest BCUT2D eigenvalue weighted by Gasteiger charge is -2.28. The van der Waals surface area contributed by atoms with Gasteiger partial charge in [0, 0.05) is 34.2 Å². The molecule has 2 heterocycles. The topological polar surface area (TPSA) is 94.7 Å². The van der Waals surface area contributed by atoms with E-state index in [9.17, 15) is 36.2 Å². The van der Waals surface area contributed by atoms with Crippen molar-refractivity contribution in [2.45, 2.75) is 64.7 Å². The van der Waals surface area contributed by atoms with Crippen LogP contribution in [0.3, 0.4) is 0 Å². The van der Waals surface area contributed by atoms with Crippen LogP contribution in [0.5, 0.6) is 0 Å². The van der Waals surface area contributed by atoms with Crippen LogP contribution in [0.15, 0.2) is 48.8 Å². The zero-order valence-electron chi connectivity index (χ0n) is 22.7. The molecular weight excluding hydrogens is 550 g/mol. The van der Waals surface area contributed by atoms with E-state index in [-0.39, 0.29) is 16.6 Å². The van der Waals surface area contributed by atoms with Crippen LogP contribution in [-0.4, -0.2) is 25.6 Å². The van der Waals surface area contributed by atoms with E-state index < -0.39 is 52.3 Å². The highest BCUT2D eigenvalue weighted by molar-refractivity contribution is 5.89. The summed E-state index contributed by atoms with van der Waals surface area (Å²) < 4.78 is 82.0. The van der Waals surface area contributed by atoms with Crippen LogP contribution in [0.1, 0.15) is 69.0 Å². The van der Waals surface area contributed by atoms with Gasteiger partial charge in [-0.05, 0) is 71.0 Å². The summed E-state index contributed by atoms with van der Waals surface area (Å²) in [6, 6.07) is 10.0. The number of nitriles is 2. The summed E-state index contributed by atoms with van der Waals surface area (Å²) in [6.07, 6.45) is -6.28. The highest BCUT2D eigenvalue weighted by Gasteiger charge is 2.38. The molecule has 0 saturated carbocycles. The van der Waals surface area contributed by atoms with Crippen LogP contribution in [0.4, 0.5) is 26.3 Å². The second-order valence-electron chi connectivity index (χ2n) is 10.1. The van der Waals surface area contributed by atoms with E-state index in [4.69, 9.17) is 10.5 Å². The number of nitrogens with zero attached hydrogens (tertiary/aromatic N) is 4. The van der Waals surface area contributed by atoms with E-state index >= 15 is 0 Å². The van der Waals surface area contributed by atoms with Gasteiger partial charge in [0.2, 0.25) is 0 Å². The van der Waals surface area contributed by atoms with Crippen molar-refractivity contribution in [2.75, 3.05) is 0 Å². The molecule has 0 aliphatic rings. The molecule has 0 aliphatic carbocycles. The van der Waals surface area contributed by atoms with Gasteiger partial charge >= 0.3 is 12.4 Å². The van der Waals surface area contributed by atoms with E-state index in [0.717, 1.165) is 6.07 Å². The number of Topliss-reactive ketones (excluding diaryl/α,β-unsaturated/α-hetero) is 1. The van der Waals surface area contributed by atoms with Crippen LogP contribution in [0.2, 0.25) is 0 Å². The number of alkyl halides is 6. The number of hydrogen-bond acceptors (Lipinski definition) is 4. The van der Waals surface area contributed by atoms with Crippen LogP contribution in [0, 0.1) is 22.7 Å². The Kier molecular flexibility index (Phi) is 8.34. The summed E-state index contributed by atoms with van der Waals surface area (Å²) in [4.78, 5) is 11.4. The summed E-state index contributed by atoms with van der Waals surface area (Å²) in [7, 11) is 0. The minimum atomic E-state index is -4.61. The average Bonchev–Trinajstić information content (AvgIpc) is 3.49. The molecule has 0 bridgehead atoms. The summed E-state index contributed by atoms with van der Waals surface area (Å²) in [5.74, 6) is -0.152. The fourth-order valence-corrected chi connectivity index (χ4v) is 4.48. The smallest absolute Gasteiger partial charge is 0.388 e. The van der Waals surface area contributed by atoms with E-state index in [2.05, 4.69) is 0 Å². The first kappa shape index (κ1) is 31.2. The average molecular weight is 577 g/mol. The Morgan fingerprint density at radius 1 is 0.780 bits per heavy atom. The van der Waals surface area contributed by atoms with Crippen LogP contribution in [-0.2, 0) is 17.1 Å². The highest BCUT2D eigenvalue weighted by Crippen LogP contribution is 2.40. The second-order valence-corrected chi connectivity index (χ2v) is 10.1. The van der Waals surface area contributed by atoms with Crippen LogP contribution >= 0.6 is 0 Å². The third kappa shape index (κ3) is 6.08. The van der Waals surface area contributed by atoms with Crippen molar-refractivity contribution in [3.63, 3.8) is 0 Å². The number of aliphatic hydroxyl groups is 1. The quantitative estimate of drug-likeness (QED) is 0.254. The van der Waals surface area contributed by atoms with Crippen molar-refractivity contribution in [3.05, 3.63) is 71.0 Å². The molecular formula is C29H26F6N4O2. The van der Waals surface area contributed by atoms with Gasteiger partial charge in [0.15, 0.2) is 5.78 Å². The molecule has 6 nitrogen and oxygen atoms in total. The number of carbonyl (C=O) groups is 1. The van der Waals surface area contributed by atoms with E-state index in [1.807, 2.05) is 0 Å². The minimum Gasteiger partial charge on any atom is -0.388 e. The molecule has 0 aliphatic heterocycles. The number of aromatic nitrogens is 2. The molecule has 41 heavy (non-hydrogen) atoms. The number of fused-ring (bicyclic) bond motifs is 2. The lowest BCUT2D eigenvalue weighted by Crippen LogP contribution is -2.30. The number of carbonyl (C=O) groups excluding carboxylic acids is 1. The standard InChI is InChI=1S/C15H15F3N2O.C14H11F3N2O/c1-9(14(2,3)21)20-7-6-11-12(20)5-4-10(8-19)13(11)15(16,17)18;1-8(9(2)20)19-6-5-11-12(19)4-3-10(7-18)13(11)14(15,16)17/h4-7,9,21H,1-3H3;3-6,8H,1-2H3. The van der Waals surface area contributed by atoms with Gasteiger partial charge in [-0.25, -0.2) is 0 Å². The molecule has 0 fully saturated rings. The van der Waals surface area contributed by atoms with Crippen molar-refractivity contribution < 1.29 is 36.2 Å². The maximum Gasteiger partial charge on any atom is 0.418 e. The number of ketones is 1. The maximum absolute atomic E-state index is 13.2. The Morgan fingerprint density at radius 2 is 1.17 bits per heavy atom. The first-order valence-electron chi connectivity index (χ1n) is 12.3. The fourth-order valence-electron chi connectivity index (χ4n) is 4.48. The van der Waals surface area contributed by atoms with Crippen molar-refractivity contribution in [3.8, 4) is 12.1 Å². The van der Waals surface area contributed by atoms with Gasteiger partial charge in [0.1, 0.15) is 0 Å². The van der Waals surface area contributed by atoms with Crippen molar-refractivity contribution in [1.82, 2.24) is 9.13 Å². The molecule has 4 rings (SSSR count). The molecule has 2 atom stereocenters. The Bertz CT molecular complexity index is 1690. The van der Waals surface area contributed by atoms with Gasteiger partial charge in [0.05, 0.1) is 52.1 Å². The number of benzene rings is 2. The molecule has 2 unspecified atom stereocenters. The van der Waals surface area contributed by atoms with E-state index in [1.165, 1.54) is 54.2 Å². The first-order valence-corrected chi connectivity index (χ1v) is 12.3. The van der Waals surface area contributed by atoms with Gasteiger partial charge in [-0.1, -0.05) is 0 Å². The lowest BCUT2D eigenvalue weighted by atomic mass is 9.99. The zero-order chi connectivity index (χ0) is 31.1. The Hall–Kier alpha value is -4.29. The molecule has 4 aromatic rings. The van der Waals surface area contributed by atoms with Crippen molar-refractivity contribution in [2.24, 2.45) is 0 Å². The molecule has 0 amide bonds. The number of halogens is 6. The molecule has 0 saturated heterocycles. The van der Waals surface area contributed by atoms with Crippen LogP contribution < -0.4 is 0 Å². The minimum absolute atomic E-state index is 0.0300. The first-order chi connectivity index (χ1) is 18.8. The van der Waals surface area contributed by atoms with Gasteiger partial charge < -0.3 is 14.2 Å². The molecule has 0 spiro atoms. The second kappa shape index (κ2) is 10.9. The SMILES string of the molecule is CC(=O)C(C)n1ccc2c(C(F)(F)F)c(C#N)ccc21.CC(n1ccc2c(C(F)(F)F)c(C#N)ccc21)C(C)(C)O. The summed E-state index contributed by atoms with van der Waals surface area (Å²) >= 11 is 0. The van der Waals surface area contributed by atoms with Crippen molar-refractivity contribution in [1.29, 1.82) is 10.5 Å². The fraction of sp³-hybridized carbons (Fsp3) is 0.345. The third-order valence-electron chi connectivity index (χ3n) is 7.06. The Balaban J connectivity index is 0.000000226. The Labute approximate surface area is 231 Å². The van der Waals surface area contributed by atoms with Gasteiger partial charge in [-0.15, -0.1) is 0 Å². The van der Waals surface area contributed by atoms with Gasteiger partial charge in [-0.3, -0.25) is 4.79 Å². The number of hydrogen-bond donors (Lipinski definition) is 1. The highest BCUT2D eigenvalue weighted by atomic mass is 19.4. The predicted molar refractivity (Wildman–Crippen MR) is 140 cm³/mol. The number of rotatable bonds is 4. The largest absolute Gasteiger partial charge is 0.418 e. The van der Waals surface area contributed by atoms with E-state index in [1.54, 1.807) is 44.4 Å². The van der Waals surface area contributed by atoms with Crippen LogP contribution in [0.25, 0.3) is 21.8 Å². The van der Waals surface area contributed by atoms with Crippen molar-refractivity contribution >= 4 is 27.6 Å². The normalized spacial score (nSPS) is 13.7. The predicted octanol–water partition coefficient (Wildman–Crippen LogP) is 7.55. The summed E-state index contributed by atoms with van der Waals surface area (Å²) in [5.41, 5.74) is -3.15. The summed E-state index contributed by atoms with van der Waals surface area (Å²) in [6.45, 7) is 7.92. The molecule has 2 aromatic carbocycles. The molecule has 12 heteroatoms. The molecule has 1 N–H and O–H groups in total. The van der Waals surface area contributed by atoms with E-state index in [0.29, 0.717) is 11.0 Å². The third-order valence-corrected chi connectivity index (χ3v) is 7.06. The molecule has 2 aromatic heterocycles. The molecule has 0 radical (unpaired) electrons. The lowest BCUT2D eigenvalue weighted by molar-refractivity contribution is -0.137. The molecule has 216 valence electrons. The monoisotopic (exact) mass is 576 g/mol. The zero-order valence-corrected chi connectivity index (χ0v) is 22.7. The summed E-state index contributed by atoms with van der Waals surface area (Å²) in [5, 5.41) is 27.7. The van der Waals surface area contributed by atoms with Gasteiger partial charge in [0.25, 0.3) is 0 Å². The Morgan fingerprint density at radius 3 is 1.51 bits per heavy atom. The van der Waals surface area contributed by atoms with Gasteiger partial charge in [-0.2, -0.15) is 36.9 Å². The maximum atomic E-state index is 13.2.